The van der Waals surface area contributed by atoms with Crippen molar-refractivity contribution in [2.45, 2.75) is 51.1 Å². The smallest absolute Gasteiger partial charge is 0.229 e. The Kier molecular flexibility index (Phi) is 4.09. The van der Waals surface area contributed by atoms with Crippen LogP contribution in [0.2, 0.25) is 0 Å². The van der Waals surface area contributed by atoms with E-state index in [0.717, 1.165) is 48.5 Å². The number of amides is 1. The molecule has 1 saturated carbocycles. The second-order valence-corrected chi connectivity index (χ2v) is 7.43. The third-order valence-corrected chi connectivity index (χ3v) is 5.68. The summed E-state index contributed by atoms with van der Waals surface area (Å²) in [6, 6.07) is 0.205. The minimum Gasteiger partial charge on any atom is -0.339 e. The van der Waals surface area contributed by atoms with Crippen molar-refractivity contribution in [1.29, 1.82) is 0 Å². The van der Waals surface area contributed by atoms with Gasteiger partial charge in [-0.25, -0.2) is 4.98 Å². The minimum atomic E-state index is -0.00523. The number of aromatic nitrogens is 3. The first kappa shape index (κ1) is 15.7. The Balaban J connectivity index is 1.45. The summed E-state index contributed by atoms with van der Waals surface area (Å²) < 4.78 is 5.42. The average Bonchev–Trinajstić information content (AvgIpc) is 2.99. The van der Waals surface area contributed by atoms with Gasteiger partial charge in [0.15, 0.2) is 11.0 Å². The van der Waals surface area contributed by atoms with Crippen LogP contribution in [0.1, 0.15) is 62.0 Å². The molecule has 1 atom stereocenters. The zero-order chi connectivity index (χ0) is 16.7. The van der Waals surface area contributed by atoms with Crippen LogP contribution >= 0.6 is 11.3 Å². The predicted octanol–water partition coefficient (Wildman–Crippen LogP) is 2.72. The molecular weight excluding hydrogens is 326 g/mol. The summed E-state index contributed by atoms with van der Waals surface area (Å²) >= 11 is 1.50. The number of carbonyl (C=O) groups excluding carboxylic acids is 1. The fourth-order valence-electron chi connectivity index (χ4n) is 3.05. The second kappa shape index (κ2) is 6.25. The maximum Gasteiger partial charge on any atom is 0.229 e. The fraction of sp³-hybridized carbons (Fsp3) is 0.625. The molecule has 0 bridgehead atoms. The zero-order valence-electron chi connectivity index (χ0n) is 13.9. The molecule has 7 nitrogen and oxygen atoms in total. The van der Waals surface area contributed by atoms with Gasteiger partial charge in [-0.05, 0) is 32.2 Å². The van der Waals surface area contributed by atoms with E-state index in [1.807, 2.05) is 5.38 Å². The lowest BCUT2D eigenvalue weighted by Crippen LogP contribution is -2.24. The Hall–Kier alpha value is -1.80. The maximum atomic E-state index is 11.5. The number of hydrogen-bond donors (Lipinski definition) is 0. The highest BCUT2D eigenvalue weighted by molar-refractivity contribution is 7.14. The van der Waals surface area contributed by atoms with Gasteiger partial charge in [0.25, 0.3) is 0 Å². The number of carbonyl (C=O) groups is 1. The summed E-state index contributed by atoms with van der Waals surface area (Å²) in [5.74, 6) is 2.10. The van der Waals surface area contributed by atoms with E-state index in [1.54, 1.807) is 18.9 Å². The van der Waals surface area contributed by atoms with Gasteiger partial charge in [0.1, 0.15) is 0 Å². The maximum absolute atomic E-state index is 11.5. The van der Waals surface area contributed by atoms with Crippen LogP contribution in [0, 0.1) is 0 Å². The van der Waals surface area contributed by atoms with Crippen LogP contribution in [0.25, 0.3) is 0 Å². The Morgan fingerprint density at radius 1 is 1.42 bits per heavy atom. The lowest BCUT2D eigenvalue weighted by atomic mass is 10.2. The highest BCUT2D eigenvalue weighted by Crippen LogP contribution is 2.40. The zero-order valence-corrected chi connectivity index (χ0v) is 14.8. The Bertz CT molecular complexity index is 738. The third-order valence-electron chi connectivity index (χ3n) is 4.71. The van der Waals surface area contributed by atoms with Gasteiger partial charge in [-0.3, -0.25) is 14.6 Å². The summed E-state index contributed by atoms with van der Waals surface area (Å²) in [7, 11) is 1.75. The monoisotopic (exact) mass is 347 g/mol. The van der Waals surface area contributed by atoms with Crippen molar-refractivity contribution < 1.29 is 9.32 Å². The molecule has 1 saturated heterocycles. The molecule has 8 heteroatoms. The first-order valence-corrected chi connectivity index (χ1v) is 9.26. The number of hydrogen-bond acceptors (Lipinski definition) is 7. The largest absolute Gasteiger partial charge is 0.339 e. The molecule has 0 radical (unpaired) electrons. The van der Waals surface area contributed by atoms with Gasteiger partial charge in [0.05, 0.1) is 11.7 Å². The van der Waals surface area contributed by atoms with Crippen molar-refractivity contribution in [3.63, 3.8) is 0 Å². The number of anilines is 1. The molecule has 3 heterocycles. The second-order valence-electron chi connectivity index (χ2n) is 6.59. The van der Waals surface area contributed by atoms with Crippen LogP contribution in [0.3, 0.4) is 0 Å². The number of thiazole rings is 1. The van der Waals surface area contributed by atoms with Crippen LogP contribution in [0.15, 0.2) is 9.90 Å². The molecule has 0 spiro atoms. The summed E-state index contributed by atoms with van der Waals surface area (Å²) in [6.07, 6.45) is 4.51. The van der Waals surface area contributed by atoms with E-state index in [0.29, 0.717) is 5.92 Å². The van der Waals surface area contributed by atoms with Crippen LogP contribution in [-0.2, 0) is 11.3 Å². The molecular formula is C16H21N5O2S. The van der Waals surface area contributed by atoms with Gasteiger partial charge in [-0.15, -0.1) is 11.3 Å². The fourth-order valence-corrected chi connectivity index (χ4v) is 3.88. The average molecular weight is 347 g/mol. The molecule has 0 aromatic carbocycles. The van der Waals surface area contributed by atoms with E-state index in [4.69, 9.17) is 4.52 Å². The standard InChI is InChI=1S/C16H21N5O2S/c1-10(22)20(2)16-17-12(9-24-16)8-21-7-3-4-13(21)14-18-15(23-19-14)11-5-6-11/h9,11,13H,3-8H2,1-2H3. The van der Waals surface area contributed by atoms with Crippen LogP contribution in [0.5, 0.6) is 0 Å². The first-order valence-electron chi connectivity index (χ1n) is 8.38. The molecule has 2 fully saturated rings. The molecule has 1 aliphatic heterocycles. The van der Waals surface area contributed by atoms with Crippen molar-refractivity contribution in [3.05, 3.63) is 22.8 Å². The van der Waals surface area contributed by atoms with E-state index in [1.165, 1.54) is 24.2 Å². The number of likely N-dealkylation sites (tertiary alicyclic amines) is 1. The van der Waals surface area contributed by atoms with Gasteiger partial charge in [-0.2, -0.15) is 4.98 Å². The van der Waals surface area contributed by atoms with Crippen molar-refractivity contribution in [2.75, 3.05) is 18.5 Å². The topological polar surface area (TPSA) is 75.4 Å². The summed E-state index contributed by atoms with van der Waals surface area (Å²) in [5, 5.41) is 6.97. The van der Waals surface area contributed by atoms with E-state index in [9.17, 15) is 4.79 Å². The SMILES string of the molecule is CC(=O)N(C)c1nc(CN2CCCC2c2noc(C3CC3)n2)cs1. The minimum absolute atomic E-state index is 0.00523. The molecule has 2 aliphatic rings. The lowest BCUT2D eigenvalue weighted by Gasteiger charge is -2.20. The van der Waals surface area contributed by atoms with Crippen molar-refractivity contribution in [3.8, 4) is 0 Å². The Morgan fingerprint density at radius 2 is 2.25 bits per heavy atom. The highest BCUT2D eigenvalue weighted by Gasteiger charge is 2.34. The van der Waals surface area contributed by atoms with Gasteiger partial charge in [0.2, 0.25) is 11.8 Å². The van der Waals surface area contributed by atoms with Crippen LogP contribution in [0.4, 0.5) is 5.13 Å². The quantitative estimate of drug-likeness (QED) is 0.828. The molecule has 1 unspecified atom stereocenters. The molecule has 128 valence electrons. The van der Waals surface area contributed by atoms with Crippen LogP contribution in [-0.4, -0.2) is 39.5 Å². The Morgan fingerprint density at radius 3 is 3.00 bits per heavy atom. The van der Waals surface area contributed by atoms with Gasteiger partial charge < -0.3 is 4.52 Å². The molecule has 4 rings (SSSR count). The first-order chi connectivity index (χ1) is 11.6. The van der Waals surface area contributed by atoms with E-state index in [2.05, 4.69) is 20.0 Å². The summed E-state index contributed by atoms with van der Waals surface area (Å²) in [5.41, 5.74) is 0.987. The molecule has 2 aromatic heterocycles. The molecule has 0 N–H and O–H groups in total. The summed E-state index contributed by atoms with van der Waals surface area (Å²) in [6.45, 7) is 3.30. The normalized spacial score (nSPS) is 21.3. The molecule has 24 heavy (non-hydrogen) atoms. The van der Waals surface area contributed by atoms with E-state index < -0.39 is 0 Å². The van der Waals surface area contributed by atoms with Gasteiger partial charge in [0, 0.05) is 31.8 Å². The van der Waals surface area contributed by atoms with Crippen LogP contribution < -0.4 is 4.90 Å². The summed E-state index contributed by atoms with van der Waals surface area (Å²) in [4.78, 5) is 24.6. The van der Waals surface area contributed by atoms with Crippen molar-refractivity contribution >= 4 is 22.4 Å². The van der Waals surface area contributed by atoms with E-state index >= 15 is 0 Å². The molecule has 1 aliphatic carbocycles. The Labute approximate surface area is 144 Å². The predicted molar refractivity (Wildman–Crippen MR) is 89.9 cm³/mol. The molecule has 1 amide bonds. The molecule has 2 aromatic rings. The third kappa shape index (κ3) is 3.08. The van der Waals surface area contributed by atoms with Crippen molar-refractivity contribution in [1.82, 2.24) is 20.0 Å². The highest BCUT2D eigenvalue weighted by atomic mass is 32.1. The van der Waals surface area contributed by atoms with E-state index in [-0.39, 0.29) is 11.9 Å². The van der Waals surface area contributed by atoms with Crippen molar-refractivity contribution in [2.24, 2.45) is 0 Å². The number of nitrogens with zero attached hydrogens (tertiary/aromatic N) is 5. The lowest BCUT2D eigenvalue weighted by molar-refractivity contribution is -0.116. The van der Waals surface area contributed by atoms with Gasteiger partial charge >= 0.3 is 0 Å². The van der Waals surface area contributed by atoms with Gasteiger partial charge in [-0.1, -0.05) is 5.16 Å². The number of rotatable bonds is 5.